The standard InChI is InChI=1S/C11H16N4O2S/c1-3-6-15(7-9-4-5-9)18(16,17)10-8-14(2)13-11(10)12/h1,8-9H,4-7H2,2H3,(H2,12,13). The molecule has 7 heteroatoms. The maximum Gasteiger partial charge on any atom is 0.249 e. The van der Waals surface area contributed by atoms with E-state index in [1.54, 1.807) is 7.05 Å². The first-order valence-electron chi connectivity index (χ1n) is 5.68. The van der Waals surface area contributed by atoms with Gasteiger partial charge in [-0.3, -0.25) is 4.68 Å². The van der Waals surface area contributed by atoms with Gasteiger partial charge in [-0.25, -0.2) is 8.42 Å². The largest absolute Gasteiger partial charge is 0.381 e. The van der Waals surface area contributed by atoms with Gasteiger partial charge in [0.25, 0.3) is 0 Å². The molecule has 2 rings (SSSR count). The molecule has 2 N–H and O–H groups in total. The van der Waals surface area contributed by atoms with Crippen molar-refractivity contribution in [1.29, 1.82) is 0 Å². The number of anilines is 1. The van der Waals surface area contributed by atoms with E-state index >= 15 is 0 Å². The van der Waals surface area contributed by atoms with Gasteiger partial charge >= 0.3 is 0 Å². The van der Waals surface area contributed by atoms with Gasteiger partial charge in [0.2, 0.25) is 10.0 Å². The molecule has 0 amide bonds. The minimum absolute atomic E-state index is 0.00955. The highest BCUT2D eigenvalue weighted by Crippen LogP contribution is 2.32. The highest BCUT2D eigenvalue weighted by atomic mass is 32.2. The normalized spacial score (nSPS) is 15.8. The monoisotopic (exact) mass is 268 g/mol. The second-order valence-corrected chi connectivity index (χ2v) is 6.40. The molecule has 1 aliphatic rings. The van der Waals surface area contributed by atoms with Gasteiger partial charge in [0.15, 0.2) is 5.82 Å². The molecule has 0 spiro atoms. The summed E-state index contributed by atoms with van der Waals surface area (Å²) in [6.07, 6.45) is 8.75. The van der Waals surface area contributed by atoms with E-state index in [-0.39, 0.29) is 17.3 Å². The highest BCUT2D eigenvalue weighted by Gasteiger charge is 2.33. The Hall–Kier alpha value is -1.52. The number of hydrogen-bond donors (Lipinski definition) is 1. The molecule has 0 saturated heterocycles. The molecular weight excluding hydrogens is 252 g/mol. The molecule has 1 aromatic rings. The Morgan fingerprint density at radius 1 is 1.67 bits per heavy atom. The Morgan fingerprint density at radius 2 is 2.33 bits per heavy atom. The van der Waals surface area contributed by atoms with Crippen LogP contribution in [0.25, 0.3) is 0 Å². The molecule has 6 nitrogen and oxygen atoms in total. The highest BCUT2D eigenvalue weighted by molar-refractivity contribution is 7.89. The van der Waals surface area contributed by atoms with Crippen molar-refractivity contribution in [1.82, 2.24) is 14.1 Å². The SMILES string of the molecule is C#CCN(CC1CC1)S(=O)(=O)c1cn(C)nc1N. The van der Waals surface area contributed by atoms with E-state index in [0.717, 1.165) is 12.8 Å². The van der Waals surface area contributed by atoms with Crippen molar-refractivity contribution in [3.63, 3.8) is 0 Å². The summed E-state index contributed by atoms with van der Waals surface area (Å²) in [5.74, 6) is 2.81. The summed E-state index contributed by atoms with van der Waals surface area (Å²) >= 11 is 0. The summed E-state index contributed by atoms with van der Waals surface area (Å²) in [6, 6.07) is 0. The fraction of sp³-hybridized carbons (Fsp3) is 0.545. The first kappa shape index (κ1) is 12.9. The van der Waals surface area contributed by atoms with E-state index in [9.17, 15) is 8.42 Å². The molecule has 98 valence electrons. The second kappa shape index (κ2) is 4.63. The molecule has 1 aromatic heterocycles. The number of nitrogens with two attached hydrogens (primary N) is 1. The molecule has 1 aliphatic carbocycles. The average Bonchev–Trinajstić information content (AvgIpc) is 3.02. The maximum absolute atomic E-state index is 12.4. The lowest BCUT2D eigenvalue weighted by Gasteiger charge is -2.18. The van der Waals surface area contributed by atoms with Crippen molar-refractivity contribution in [3.8, 4) is 12.3 Å². The summed E-state index contributed by atoms with van der Waals surface area (Å²) in [6.45, 7) is 0.522. The maximum atomic E-state index is 12.4. The lowest BCUT2D eigenvalue weighted by Crippen LogP contribution is -2.33. The third kappa shape index (κ3) is 2.49. The zero-order valence-corrected chi connectivity index (χ0v) is 11.0. The number of sulfonamides is 1. The topological polar surface area (TPSA) is 81.2 Å². The number of rotatable bonds is 5. The van der Waals surface area contributed by atoms with Crippen LogP contribution in [-0.4, -0.2) is 35.6 Å². The van der Waals surface area contributed by atoms with Crippen LogP contribution >= 0.6 is 0 Å². The van der Waals surface area contributed by atoms with Crippen LogP contribution in [0.2, 0.25) is 0 Å². The smallest absolute Gasteiger partial charge is 0.249 e. The van der Waals surface area contributed by atoms with Crippen LogP contribution in [0.1, 0.15) is 12.8 Å². The molecule has 0 radical (unpaired) electrons. The number of aromatic nitrogens is 2. The minimum atomic E-state index is -3.65. The quantitative estimate of drug-likeness (QED) is 0.764. The molecule has 0 aliphatic heterocycles. The van der Waals surface area contributed by atoms with Crippen molar-refractivity contribution in [2.24, 2.45) is 13.0 Å². The lowest BCUT2D eigenvalue weighted by molar-refractivity contribution is 0.430. The molecule has 0 unspecified atom stereocenters. The van der Waals surface area contributed by atoms with Crippen LogP contribution in [-0.2, 0) is 17.1 Å². The van der Waals surface area contributed by atoms with Crippen molar-refractivity contribution in [2.45, 2.75) is 17.7 Å². The van der Waals surface area contributed by atoms with E-state index in [4.69, 9.17) is 12.2 Å². The van der Waals surface area contributed by atoms with Crippen LogP contribution in [0.15, 0.2) is 11.1 Å². The van der Waals surface area contributed by atoms with Gasteiger partial charge in [-0.2, -0.15) is 9.40 Å². The first-order valence-corrected chi connectivity index (χ1v) is 7.12. The Morgan fingerprint density at radius 3 is 2.78 bits per heavy atom. The lowest BCUT2D eigenvalue weighted by atomic mass is 10.4. The van der Waals surface area contributed by atoms with Crippen molar-refractivity contribution in [2.75, 3.05) is 18.8 Å². The zero-order valence-electron chi connectivity index (χ0n) is 10.2. The Balaban J connectivity index is 2.32. The molecule has 1 saturated carbocycles. The average molecular weight is 268 g/mol. The number of hydrogen-bond acceptors (Lipinski definition) is 4. The van der Waals surface area contributed by atoms with E-state index in [0.29, 0.717) is 12.5 Å². The third-order valence-electron chi connectivity index (χ3n) is 2.87. The van der Waals surface area contributed by atoms with Gasteiger partial charge in [-0.15, -0.1) is 6.42 Å². The summed E-state index contributed by atoms with van der Waals surface area (Å²) in [4.78, 5) is 0.0286. The molecule has 0 aromatic carbocycles. The molecule has 0 atom stereocenters. The van der Waals surface area contributed by atoms with Crippen LogP contribution in [0.3, 0.4) is 0 Å². The predicted octanol–water partition coefficient (Wildman–Crippen LogP) is 0.0362. The zero-order chi connectivity index (χ0) is 13.3. The molecule has 18 heavy (non-hydrogen) atoms. The number of aryl methyl sites for hydroxylation is 1. The minimum Gasteiger partial charge on any atom is -0.381 e. The van der Waals surface area contributed by atoms with Crippen molar-refractivity contribution >= 4 is 15.8 Å². The van der Waals surface area contributed by atoms with E-state index in [1.165, 1.54) is 15.2 Å². The van der Waals surface area contributed by atoms with Crippen LogP contribution in [0.5, 0.6) is 0 Å². The van der Waals surface area contributed by atoms with Gasteiger partial charge in [-0.1, -0.05) is 5.92 Å². The summed E-state index contributed by atoms with van der Waals surface area (Å²) < 4.78 is 27.5. The second-order valence-electron chi connectivity index (χ2n) is 4.50. The Bertz CT molecular complexity index is 581. The molecule has 0 bridgehead atoms. The molecule has 1 heterocycles. The summed E-state index contributed by atoms with van der Waals surface area (Å²) in [7, 11) is -2.02. The van der Waals surface area contributed by atoms with Crippen LogP contribution in [0, 0.1) is 18.3 Å². The summed E-state index contributed by atoms with van der Waals surface area (Å²) in [5.41, 5.74) is 5.62. The Labute approximate surface area is 107 Å². The van der Waals surface area contributed by atoms with Gasteiger partial charge in [0, 0.05) is 19.8 Å². The fourth-order valence-corrected chi connectivity index (χ4v) is 3.28. The number of terminal acetylenes is 1. The van der Waals surface area contributed by atoms with Gasteiger partial charge in [0.1, 0.15) is 4.90 Å². The third-order valence-corrected chi connectivity index (χ3v) is 4.69. The summed E-state index contributed by atoms with van der Waals surface area (Å²) in [5, 5.41) is 3.85. The Kier molecular flexibility index (Phi) is 3.32. The fourth-order valence-electron chi connectivity index (χ4n) is 1.76. The first-order chi connectivity index (χ1) is 8.45. The number of nitrogen functional groups attached to an aromatic ring is 1. The van der Waals surface area contributed by atoms with Gasteiger partial charge in [0.05, 0.1) is 6.54 Å². The molecular formula is C11H16N4O2S. The number of nitrogens with zero attached hydrogens (tertiary/aromatic N) is 3. The predicted molar refractivity (Wildman–Crippen MR) is 67.9 cm³/mol. The van der Waals surface area contributed by atoms with Gasteiger partial charge in [-0.05, 0) is 18.8 Å². The van der Waals surface area contributed by atoms with E-state index in [1.807, 2.05) is 0 Å². The van der Waals surface area contributed by atoms with E-state index in [2.05, 4.69) is 11.0 Å². The van der Waals surface area contributed by atoms with Gasteiger partial charge < -0.3 is 5.73 Å². The van der Waals surface area contributed by atoms with Crippen molar-refractivity contribution in [3.05, 3.63) is 6.20 Å². The molecule has 1 fully saturated rings. The van der Waals surface area contributed by atoms with Crippen LogP contribution in [0.4, 0.5) is 5.82 Å². The van der Waals surface area contributed by atoms with E-state index < -0.39 is 10.0 Å². The van der Waals surface area contributed by atoms with Crippen molar-refractivity contribution < 1.29 is 8.42 Å². The van der Waals surface area contributed by atoms with Crippen LogP contribution < -0.4 is 5.73 Å².